The second-order valence-electron chi connectivity index (χ2n) is 5.17. The Morgan fingerprint density at radius 3 is 2.83 bits per heavy atom. The number of nitrogens with zero attached hydrogens (tertiary/aromatic N) is 3. The Morgan fingerprint density at radius 1 is 1.39 bits per heavy atom. The number of hydrogen-bond donors (Lipinski definition) is 1. The summed E-state index contributed by atoms with van der Waals surface area (Å²) >= 11 is 1.08. The standard InChI is InChI=1S/C12H13F3N4O2S2/c13-12(14,15)8-3-4-19-9(6-8)17-18-10(19)7-16-23(20,21)11-2-1-5-22-11/h1-2,5,8,16H,3-4,6-7H2. The maximum Gasteiger partial charge on any atom is 0.392 e. The van der Waals surface area contributed by atoms with E-state index in [2.05, 4.69) is 14.9 Å². The first-order chi connectivity index (χ1) is 10.8. The third-order valence-corrected chi connectivity index (χ3v) is 6.48. The number of nitrogens with one attached hydrogen (secondary N) is 1. The fraction of sp³-hybridized carbons (Fsp3) is 0.500. The third kappa shape index (κ3) is 3.40. The first-order valence-electron chi connectivity index (χ1n) is 6.78. The number of halogens is 3. The van der Waals surface area contributed by atoms with Crippen molar-refractivity contribution in [3.05, 3.63) is 29.2 Å². The van der Waals surface area contributed by atoms with Crippen LogP contribution in [-0.4, -0.2) is 29.4 Å². The quantitative estimate of drug-likeness (QED) is 0.897. The number of rotatable bonds is 4. The van der Waals surface area contributed by atoms with Crippen LogP contribution in [0.5, 0.6) is 0 Å². The van der Waals surface area contributed by atoms with Gasteiger partial charge in [-0.1, -0.05) is 6.07 Å². The van der Waals surface area contributed by atoms with Crippen molar-refractivity contribution in [2.45, 2.75) is 36.3 Å². The largest absolute Gasteiger partial charge is 0.392 e. The number of thiophene rings is 1. The molecule has 0 bridgehead atoms. The molecule has 0 fully saturated rings. The Bertz CT molecular complexity index is 784. The molecule has 1 atom stereocenters. The zero-order valence-electron chi connectivity index (χ0n) is 11.7. The highest BCUT2D eigenvalue weighted by Gasteiger charge is 2.42. The van der Waals surface area contributed by atoms with Gasteiger partial charge in [-0.2, -0.15) is 13.2 Å². The van der Waals surface area contributed by atoms with Crippen LogP contribution in [0.1, 0.15) is 18.1 Å². The zero-order valence-corrected chi connectivity index (χ0v) is 13.4. The van der Waals surface area contributed by atoms with Gasteiger partial charge >= 0.3 is 6.18 Å². The van der Waals surface area contributed by atoms with Crippen molar-refractivity contribution in [2.75, 3.05) is 0 Å². The number of fused-ring (bicyclic) bond motifs is 1. The Kier molecular flexibility index (Phi) is 4.19. The van der Waals surface area contributed by atoms with Gasteiger partial charge in [-0.05, 0) is 17.9 Å². The van der Waals surface area contributed by atoms with E-state index in [4.69, 9.17) is 0 Å². The number of sulfonamides is 1. The van der Waals surface area contributed by atoms with Gasteiger partial charge in [0.15, 0.2) is 0 Å². The number of aromatic nitrogens is 3. The molecule has 11 heteroatoms. The molecule has 2 aromatic rings. The summed E-state index contributed by atoms with van der Waals surface area (Å²) in [6, 6.07) is 3.09. The monoisotopic (exact) mass is 366 g/mol. The molecule has 3 heterocycles. The van der Waals surface area contributed by atoms with Crippen LogP contribution in [0.25, 0.3) is 0 Å². The molecule has 0 aliphatic carbocycles. The van der Waals surface area contributed by atoms with Gasteiger partial charge in [-0.15, -0.1) is 21.5 Å². The van der Waals surface area contributed by atoms with E-state index in [1.54, 1.807) is 16.0 Å². The van der Waals surface area contributed by atoms with Crippen molar-refractivity contribution in [3.8, 4) is 0 Å². The van der Waals surface area contributed by atoms with Crippen LogP contribution in [0.3, 0.4) is 0 Å². The molecule has 1 aliphatic rings. The molecule has 6 nitrogen and oxygen atoms in total. The minimum Gasteiger partial charge on any atom is -0.314 e. The van der Waals surface area contributed by atoms with E-state index in [0.29, 0.717) is 5.82 Å². The van der Waals surface area contributed by atoms with Gasteiger partial charge < -0.3 is 4.57 Å². The SMILES string of the molecule is O=S(=O)(NCc1nnc2n1CCC(C(F)(F)F)C2)c1cccs1. The van der Waals surface area contributed by atoms with E-state index in [9.17, 15) is 21.6 Å². The highest BCUT2D eigenvalue weighted by Crippen LogP contribution is 2.34. The van der Waals surface area contributed by atoms with Crippen LogP contribution in [-0.2, 0) is 29.5 Å². The summed E-state index contributed by atoms with van der Waals surface area (Å²) in [5.74, 6) is -0.862. The van der Waals surface area contributed by atoms with Crippen molar-refractivity contribution in [1.82, 2.24) is 19.5 Å². The first kappa shape index (κ1) is 16.4. The van der Waals surface area contributed by atoms with E-state index in [1.165, 1.54) is 6.07 Å². The second kappa shape index (κ2) is 5.87. The Labute approximate surface area is 134 Å². The summed E-state index contributed by atoms with van der Waals surface area (Å²) in [5, 5.41) is 9.23. The zero-order chi connectivity index (χ0) is 16.7. The van der Waals surface area contributed by atoms with Crippen LogP contribution in [0.2, 0.25) is 0 Å². The fourth-order valence-electron chi connectivity index (χ4n) is 2.45. The van der Waals surface area contributed by atoms with Gasteiger partial charge in [-0.3, -0.25) is 0 Å². The van der Waals surface area contributed by atoms with Gasteiger partial charge in [0, 0.05) is 13.0 Å². The Morgan fingerprint density at radius 2 is 2.17 bits per heavy atom. The molecule has 0 saturated carbocycles. The van der Waals surface area contributed by atoms with Crippen molar-refractivity contribution in [1.29, 1.82) is 0 Å². The molecule has 0 spiro atoms. The minimum absolute atomic E-state index is 0.0563. The van der Waals surface area contributed by atoms with E-state index >= 15 is 0 Å². The third-order valence-electron chi connectivity index (χ3n) is 3.68. The topological polar surface area (TPSA) is 76.9 Å². The summed E-state index contributed by atoms with van der Waals surface area (Å²) in [6.07, 6.45) is -4.54. The predicted octanol–water partition coefficient (Wildman–Crippen LogP) is 1.94. The molecule has 1 N–H and O–H groups in total. The van der Waals surface area contributed by atoms with Gasteiger partial charge in [0.25, 0.3) is 0 Å². The van der Waals surface area contributed by atoms with Gasteiger partial charge in [-0.25, -0.2) is 13.1 Å². The lowest BCUT2D eigenvalue weighted by Crippen LogP contribution is -2.32. The second-order valence-corrected chi connectivity index (χ2v) is 8.11. The molecule has 1 aliphatic heterocycles. The molecule has 0 radical (unpaired) electrons. The highest BCUT2D eigenvalue weighted by molar-refractivity contribution is 7.91. The van der Waals surface area contributed by atoms with Crippen molar-refractivity contribution in [3.63, 3.8) is 0 Å². The average Bonchev–Trinajstić information content (AvgIpc) is 3.14. The van der Waals surface area contributed by atoms with Gasteiger partial charge in [0.2, 0.25) is 10.0 Å². The first-order valence-corrected chi connectivity index (χ1v) is 9.14. The molecular formula is C12H13F3N4O2S2. The lowest BCUT2D eigenvalue weighted by molar-refractivity contribution is -0.179. The summed E-state index contributed by atoms with van der Waals surface area (Å²) in [7, 11) is -3.65. The van der Waals surface area contributed by atoms with Gasteiger partial charge in [0.1, 0.15) is 15.9 Å². The van der Waals surface area contributed by atoms with E-state index in [1.807, 2.05) is 0 Å². The lowest BCUT2D eigenvalue weighted by atomic mass is 9.97. The maximum absolute atomic E-state index is 12.8. The minimum atomic E-state index is -4.25. The van der Waals surface area contributed by atoms with Crippen molar-refractivity contribution in [2.24, 2.45) is 5.92 Å². The van der Waals surface area contributed by atoms with Crippen LogP contribution in [0.4, 0.5) is 13.2 Å². The van der Waals surface area contributed by atoms with Crippen LogP contribution in [0.15, 0.2) is 21.7 Å². The van der Waals surface area contributed by atoms with Crippen molar-refractivity contribution < 1.29 is 21.6 Å². The van der Waals surface area contributed by atoms with E-state index in [-0.39, 0.29) is 36.0 Å². The number of alkyl halides is 3. The molecule has 126 valence electrons. The van der Waals surface area contributed by atoms with Gasteiger partial charge in [0.05, 0.1) is 12.5 Å². The Balaban J connectivity index is 1.71. The highest BCUT2D eigenvalue weighted by atomic mass is 32.2. The number of hydrogen-bond acceptors (Lipinski definition) is 5. The fourth-order valence-corrected chi connectivity index (χ4v) is 4.46. The molecule has 3 rings (SSSR count). The van der Waals surface area contributed by atoms with Crippen molar-refractivity contribution >= 4 is 21.4 Å². The molecule has 0 aromatic carbocycles. The normalized spacial score (nSPS) is 18.8. The Hall–Kier alpha value is -1.46. The molecule has 2 aromatic heterocycles. The molecule has 0 saturated heterocycles. The van der Waals surface area contributed by atoms with E-state index in [0.717, 1.165) is 11.3 Å². The van der Waals surface area contributed by atoms with Crippen LogP contribution >= 0.6 is 11.3 Å². The summed E-state index contributed by atoms with van der Waals surface area (Å²) in [5.41, 5.74) is 0. The smallest absolute Gasteiger partial charge is 0.314 e. The van der Waals surface area contributed by atoms with E-state index < -0.39 is 22.1 Å². The lowest BCUT2D eigenvalue weighted by Gasteiger charge is -2.25. The molecule has 0 amide bonds. The molecule has 23 heavy (non-hydrogen) atoms. The van der Waals surface area contributed by atoms with Crippen LogP contribution < -0.4 is 4.72 Å². The predicted molar refractivity (Wildman–Crippen MR) is 76.2 cm³/mol. The summed E-state index contributed by atoms with van der Waals surface area (Å²) in [4.78, 5) is 0. The maximum atomic E-state index is 12.8. The average molecular weight is 366 g/mol. The summed E-state index contributed by atoms with van der Waals surface area (Å²) in [6.45, 7) is 0.0203. The molecular weight excluding hydrogens is 353 g/mol. The molecule has 1 unspecified atom stereocenters. The van der Waals surface area contributed by atoms with Crippen LogP contribution in [0, 0.1) is 5.92 Å². The summed E-state index contributed by atoms with van der Waals surface area (Å²) < 4.78 is 66.5.